The Bertz CT molecular complexity index is 1250. The number of amides is 2. The Hall–Kier alpha value is -2.82. The number of carbonyl (C=O) groups excluding carboxylic acids is 2. The van der Waals surface area contributed by atoms with E-state index in [1.807, 2.05) is 29.7 Å². The number of nitrogens with zero attached hydrogens (tertiary/aromatic N) is 3. The second kappa shape index (κ2) is 9.58. The number of fused-ring (bicyclic) bond motifs is 1. The summed E-state index contributed by atoms with van der Waals surface area (Å²) >= 11 is 8.16. The van der Waals surface area contributed by atoms with E-state index in [1.165, 1.54) is 40.6 Å². The molecule has 0 radical (unpaired) electrons. The van der Waals surface area contributed by atoms with Crippen LogP contribution < -0.4 is 5.32 Å². The molecular weight excluding hydrogens is 476 g/mol. The van der Waals surface area contributed by atoms with Gasteiger partial charge in [-0.05, 0) is 70.7 Å². The zero-order valence-corrected chi connectivity index (χ0v) is 20.0. The van der Waals surface area contributed by atoms with Crippen molar-refractivity contribution >= 4 is 63.3 Å². The van der Waals surface area contributed by atoms with Crippen molar-refractivity contribution in [2.75, 3.05) is 11.9 Å². The number of carbonyl (C=O) groups is 2. The maximum Gasteiger partial charge on any atom is 0.266 e. The SMILES string of the molecule is O=C(CCN1C(=O)/C(=C/c2cccs2)SC1=S)Nc1nonc1-c1ccc2c(c1)CCCC2. The van der Waals surface area contributed by atoms with E-state index in [-0.39, 0.29) is 30.6 Å². The molecule has 7 nitrogen and oxygen atoms in total. The number of anilines is 1. The van der Waals surface area contributed by atoms with Gasteiger partial charge in [-0.25, -0.2) is 4.63 Å². The van der Waals surface area contributed by atoms with Gasteiger partial charge >= 0.3 is 0 Å². The first-order chi connectivity index (χ1) is 16.1. The Morgan fingerprint density at radius 1 is 1.21 bits per heavy atom. The first kappa shape index (κ1) is 22.0. The fourth-order valence-corrected chi connectivity index (χ4v) is 5.98. The highest BCUT2D eigenvalue weighted by atomic mass is 32.2. The molecule has 10 heteroatoms. The van der Waals surface area contributed by atoms with E-state index in [9.17, 15) is 9.59 Å². The molecule has 2 amide bonds. The molecule has 1 aliphatic carbocycles. The van der Waals surface area contributed by atoms with Crippen molar-refractivity contribution < 1.29 is 14.2 Å². The van der Waals surface area contributed by atoms with Crippen molar-refractivity contribution in [2.45, 2.75) is 32.1 Å². The quantitative estimate of drug-likeness (QED) is 0.383. The van der Waals surface area contributed by atoms with Crippen molar-refractivity contribution in [1.82, 2.24) is 15.2 Å². The first-order valence-corrected chi connectivity index (χ1v) is 12.7. The van der Waals surface area contributed by atoms with Gasteiger partial charge in [-0.3, -0.25) is 14.5 Å². The first-order valence-electron chi connectivity index (χ1n) is 10.6. The molecule has 1 fully saturated rings. The van der Waals surface area contributed by atoms with Crippen LogP contribution in [0.3, 0.4) is 0 Å². The summed E-state index contributed by atoms with van der Waals surface area (Å²) in [5, 5.41) is 12.6. The maximum absolute atomic E-state index is 12.7. The molecule has 1 saturated heterocycles. The number of aryl methyl sites for hydroxylation is 2. The molecule has 3 aromatic rings. The molecule has 0 saturated carbocycles. The molecule has 0 atom stereocenters. The fourth-order valence-electron chi connectivity index (χ4n) is 3.94. The number of aromatic nitrogens is 2. The number of nitrogens with one attached hydrogen (secondary N) is 1. The lowest BCUT2D eigenvalue weighted by molar-refractivity contribution is -0.122. The van der Waals surface area contributed by atoms with Crippen molar-refractivity contribution in [2.24, 2.45) is 0 Å². The monoisotopic (exact) mass is 496 g/mol. The van der Waals surface area contributed by atoms with E-state index in [0.717, 1.165) is 23.3 Å². The Labute approximate surface area is 204 Å². The van der Waals surface area contributed by atoms with Crippen LogP contribution >= 0.6 is 35.3 Å². The van der Waals surface area contributed by atoms with Crippen LogP contribution in [0.25, 0.3) is 17.3 Å². The third kappa shape index (κ3) is 4.78. The molecular formula is C23H20N4O3S3. The van der Waals surface area contributed by atoms with Gasteiger partial charge in [0.2, 0.25) is 11.7 Å². The highest BCUT2D eigenvalue weighted by Gasteiger charge is 2.32. The van der Waals surface area contributed by atoms with Crippen molar-refractivity contribution in [1.29, 1.82) is 0 Å². The van der Waals surface area contributed by atoms with Gasteiger partial charge < -0.3 is 5.32 Å². The number of thioether (sulfide) groups is 1. The predicted octanol–water partition coefficient (Wildman–Crippen LogP) is 4.91. The Morgan fingerprint density at radius 3 is 2.88 bits per heavy atom. The van der Waals surface area contributed by atoms with Crippen LogP contribution in [0.2, 0.25) is 0 Å². The zero-order valence-electron chi connectivity index (χ0n) is 17.6. The van der Waals surface area contributed by atoms with E-state index < -0.39 is 0 Å². The van der Waals surface area contributed by atoms with Crippen LogP contribution in [0.15, 0.2) is 45.2 Å². The molecule has 168 valence electrons. The van der Waals surface area contributed by atoms with Gasteiger partial charge in [0.05, 0.1) is 4.91 Å². The van der Waals surface area contributed by atoms with Crippen molar-refractivity contribution in [3.8, 4) is 11.3 Å². The van der Waals surface area contributed by atoms with E-state index in [0.29, 0.717) is 14.9 Å². The zero-order chi connectivity index (χ0) is 22.8. The van der Waals surface area contributed by atoms with Gasteiger partial charge in [0, 0.05) is 23.4 Å². The van der Waals surface area contributed by atoms with Crippen LogP contribution in [0.1, 0.15) is 35.3 Å². The minimum Gasteiger partial charge on any atom is -0.306 e. The van der Waals surface area contributed by atoms with Crippen LogP contribution in [0.4, 0.5) is 5.82 Å². The minimum atomic E-state index is -0.291. The van der Waals surface area contributed by atoms with Crippen LogP contribution in [-0.4, -0.2) is 37.9 Å². The number of rotatable bonds is 6. The topological polar surface area (TPSA) is 88.3 Å². The number of thiocarbonyl (C=S) groups is 1. The summed E-state index contributed by atoms with van der Waals surface area (Å²) in [5.41, 5.74) is 4.04. The average molecular weight is 497 g/mol. The second-order valence-electron chi connectivity index (χ2n) is 7.80. The van der Waals surface area contributed by atoms with Gasteiger partial charge in [-0.1, -0.05) is 42.2 Å². The van der Waals surface area contributed by atoms with Gasteiger partial charge in [0.15, 0.2) is 5.69 Å². The van der Waals surface area contributed by atoms with E-state index in [2.05, 4.69) is 27.8 Å². The molecule has 0 spiro atoms. The summed E-state index contributed by atoms with van der Waals surface area (Å²) < 4.78 is 5.36. The highest BCUT2D eigenvalue weighted by molar-refractivity contribution is 8.26. The standard InChI is InChI=1S/C23H20N4O3S3/c28-19(9-10-27-22(29)18(33-23(27)31)13-17-6-3-11-32-17)24-21-20(25-30-26-21)16-8-7-14-4-1-2-5-15(14)12-16/h3,6-8,11-13H,1-2,4-5,9-10H2,(H,24,26,28)/b18-13-. The molecule has 1 aromatic carbocycles. The predicted molar refractivity (Wildman–Crippen MR) is 134 cm³/mol. The summed E-state index contributed by atoms with van der Waals surface area (Å²) in [6.07, 6.45) is 6.44. The molecule has 1 N–H and O–H groups in total. The van der Waals surface area contributed by atoms with E-state index in [4.69, 9.17) is 16.8 Å². The largest absolute Gasteiger partial charge is 0.306 e. The van der Waals surface area contributed by atoms with Gasteiger partial charge in [-0.15, -0.1) is 11.3 Å². The maximum atomic E-state index is 12.7. The van der Waals surface area contributed by atoms with Gasteiger partial charge in [0.1, 0.15) is 4.32 Å². The number of hydrogen-bond donors (Lipinski definition) is 1. The Morgan fingerprint density at radius 2 is 2.06 bits per heavy atom. The van der Waals surface area contributed by atoms with Crippen LogP contribution in [-0.2, 0) is 22.4 Å². The van der Waals surface area contributed by atoms with Crippen LogP contribution in [0.5, 0.6) is 0 Å². The summed E-state index contributed by atoms with van der Waals surface area (Å²) in [6.45, 7) is 0.192. The highest BCUT2D eigenvalue weighted by Crippen LogP contribution is 2.33. The van der Waals surface area contributed by atoms with Gasteiger partial charge in [0.25, 0.3) is 5.91 Å². The number of thiophene rings is 1. The molecule has 33 heavy (non-hydrogen) atoms. The molecule has 1 aliphatic heterocycles. The van der Waals surface area contributed by atoms with E-state index >= 15 is 0 Å². The summed E-state index contributed by atoms with van der Waals surface area (Å²) in [4.78, 5) is 28.3. The molecule has 2 aromatic heterocycles. The lowest BCUT2D eigenvalue weighted by atomic mass is 9.90. The molecule has 2 aliphatic rings. The lowest BCUT2D eigenvalue weighted by Crippen LogP contribution is -2.31. The average Bonchev–Trinajstić information content (AvgIpc) is 3.55. The third-order valence-electron chi connectivity index (χ3n) is 5.62. The van der Waals surface area contributed by atoms with Crippen molar-refractivity contribution in [3.63, 3.8) is 0 Å². The van der Waals surface area contributed by atoms with Gasteiger partial charge in [-0.2, -0.15) is 0 Å². The third-order valence-corrected chi connectivity index (χ3v) is 7.82. The second-order valence-corrected chi connectivity index (χ2v) is 10.5. The molecule has 0 bridgehead atoms. The Kier molecular flexibility index (Phi) is 6.39. The smallest absolute Gasteiger partial charge is 0.266 e. The summed E-state index contributed by atoms with van der Waals surface area (Å²) in [5.74, 6) is -0.191. The summed E-state index contributed by atoms with van der Waals surface area (Å²) in [6, 6.07) is 10.1. The number of benzene rings is 1. The van der Waals surface area contributed by atoms with E-state index in [1.54, 1.807) is 11.3 Å². The molecule has 3 heterocycles. The van der Waals surface area contributed by atoms with Crippen molar-refractivity contribution in [3.05, 3.63) is 56.6 Å². The summed E-state index contributed by atoms with van der Waals surface area (Å²) in [7, 11) is 0. The molecule has 0 unspecified atom stereocenters. The Balaban J connectivity index is 1.23. The molecule has 5 rings (SSSR count). The minimum absolute atomic E-state index is 0.0786. The number of hydrogen-bond acceptors (Lipinski definition) is 8. The van der Waals surface area contributed by atoms with Crippen LogP contribution in [0, 0.1) is 0 Å². The lowest BCUT2D eigenvalue weighted by Gasteiger charge is -2.16. The normalized spacial score (nSPS) is 17.0. The fraction of sp³-hybridized carbons (Fsp3) is 0.261.